The molecule has 0 amide bonds. The summed E-state index contributed by atoms with van der Waals surface area (Å²) in [5.41, 5.74) is 1.26. The maximum atomic E-state index is 4.27. The lowest BCUT2D eigenvalue weighted by atomic mass is 10.2. The molecule has 1 aliphatic heterocycles. The van der Waals surface area contributed by atoms with E-state index in [0.717, 1.165) is 12.3 Å². The fourth-order valence-corrected chi connectivity index (χ4v) is 1.97. The molecule has 0 N–H and O–H groups in total. The number of fused-ring (bicyclic) bond motifs is 1. The van der Waals surface area contributed by atoms with E-state index in [1.54, 1.807) is 0 Å². The van der Waals surface area contributed by atoms with E-state index in [9.17, 15) is 0 Å². The van der Waals surface area contributed by atoms with Gasteiger partial charge in [0.1, 0.15) is 0 Å². The lowest BCUT2D eigenvalue weighted by molar-refractivity contribution is 1.16. The smallest absolute Gasteiger partial charge is 0.0483 e. The van der Waals surface area contributed by atoms with Crippen LogP contribution >= 0.6 is 11.8 Å². The van der Waals surface area contributed by atoms with E-state index in [2.05, 4.69) is 29.3 Å². The molecular weight excluding hydrogens is 154 g/mol. The highest BCUT2D eigenvalue weighted by Crippen LogP contribution is 2.22. The monoisotopic (exact) mass is 163 g/mol. The van der Waals surface area contributed by atoms with Crippen molar-refractivity contribution >= 4 is 18.0 Å². The van der Waals surface area contributed by atoms with Crippen molar-refractivity contribution in [2.45, 2.75) is 4.90 Å². The van der Waals surface area contributed by atoms with E-state index >= 15 is 0 Å². The van der Waals surface area contributed by atoms with Gasteiger partial charge in [0.2, 0.25) is 0 Å². The average Bonchev–Trinajstić information content (AvgIpc) is 2.28. The van der Waals surface area contributed by atoms with Gasteiger partial charge in [0.15, 0.2) is 0 Å². The minimum atomic E-state index is 0.944. The van der Waals surface area contributed by atoms with Gasteiger partial charge in [0, 0.05) is 29.0 Å². The Balaban J connectivity index is 2.45. The normalized spacial score (nSPS) is 15.6. The van der Waals surface area contributed by atoms with Crippen molar-refractivity contribution in [2.24, 2.45) is 4.99 Å². The second-order valence-electron chi connectivity index (χ2n) is 2.42. The zero-order valence-corrected chi connectivity index (χ0v) is 6.97. The minimum Gasteiger partial charge on any atom is -0.292 e. The van der Waals surface area contributed by atoms with Crippen molar-refractivity contribution in [2.75, 3.05) is 12.3 Å². The summed E-state index contributed by atoms with van der Waals surface area (Å²) in [6.07, 6.45) is 1.97. The Labute approximate surface area is 70.5 Å². The van der Waals surface area contributed by atoms with E-state index in [0.29, 0.717) is 0 Å². The van der Waals surface area contributed by atoms with Gasteiger partial charge in [-0.2, -0.15) is 0 Å². The molecule has 0 fully saturated rings. The third-order valence-corrected chi connectivity index (χ3v) is 2.70. The first kappa shape index (κ1) is 6.92. The molecule has 1 nitrogen and oxygen atoms in total. The summed E-state index contributed by atoms with van der Waals surface area (Å²) >= 11 is 1.88. The van der Waals surface area contributed by atoms with Crippen molar-refractivity contribution < 1.29 is 0 Å². The van der Waals surface area contributed by atoms with E-state index in [1.165, 1.54) is 10.5 Å². The summed E-state index contributed by atoms with van der Waals surface area (Å²) < 4.78 is 0. The number of nitrogens with zero attached hydrogens (tertiary/aromatic N) is 1. The van der Waals surface area contributed by atoms with Gasteiger partial charge in [-0.3, -0.25) is 4.99 Å². The van der Waals surface area contributed by atoms with Gasteiger partial charge in [-0.05, 0) is 6.07 Å². The predicted octanol–water partition coefficient (Wildman–Crippen LogP) is 2.21. The average molecular weight is 163 g/mol. The fourth-order valence-electron chi connectivity index (χ4n) is 1.09. The number of hydrogen-bond donors (Lipinski definition) is 0. The maximum absolute atomic E-state index is 4.27. The highest BCUT2D eigenvalue weighted by Gasteiger charge is 2.01. The Morgan fingerprint density at radius 2 is 2.18 bits per heavy atom. The number of thioether (sulfide) groups is 1. The van der Waals surface area contributed by atoms with Crippen LogP contribution in [0.2, 0.25) is 0 Å². The fraction of sp³-hybridized carbons (Fsp3) is 0.222. The van der Waals surface area contributed by atoms with E-state index in [-0.39, 0.29) is 0 Å². The number of hydrogen-bond acceptors (Lipinski definition) is 2. The predicted molar refractivity (Wildman–Crippen MR) is 49.6 cm³/mol. The second kappa shape index (κ2) is 3.09. The molecule has 1 aromatic rings. The third kappa shape index (κ3) is 1.46. The Hall–Kier alpha value is -0.760. The number of rotatable bonds is 0. The molecule has 0 radical (unpaired) electrons. The maximum Gasteiger partial charge on any atom is 0.0483 e. The molecule has 56 valence electrons. The Morgan fingerprint density at radius 1 is 1.27 bits per heavy atom. The molecular formula is C9H9NS. The minimum absolute atomic E-state index is 0.944. The van der Waals surface area contributed by atoms with Crippen molar-refractivity contribution in [3.63, 3.8) is 0 Å². The van der Waals surface area contributed by atoms with Gasteiger partial charge in [0.25, 0.3) is 0 Å². The van der Waals surface area contributed by atoms with Crippen LogP contribution < -0.4 is 0 Å². The van der Waals surface area contributed by atoms with Crippen LogP contribution in [0.4, 0.5) is 0 Å². The van der Waals surface area contributed by atoms with E-state index in [1.807, 2.05) is 18.0 Å². The molecule has 0 spiro atoms. The second-order valence-corrected chi connectivity index (χ2v) is 3.56. The summed E-state index contributed by atoms with van der Waals surface area (Å²) in [4.78, 5) is 5.62. The summed E-state index contributed by atoms with van der Waals surface area (Å²) in [7, 11) is 0. The van der Waals surface area contributed by atoms with Crippen LogP contribution in [0.1, 0.15) is 5.56 Å². The Kier molecular flexibility index (Phi) is 1.95. The molecule has 1 aromatic carbocycles. The lowest BCUT2D eigenvalue weighted by Gasteiger charge is -1.98. The molecule has 0 atom stereocenters. The highest BCUT2D eigenvalue weighted by molar-refractivity contribution is 7.99. The van der Waals surface area contributed by atoms with Gasteiger partial charge in [-0.1, -0.05) is 18.2 Å². The zero-order valence-electron chi connectivity index (χ0n) is 6.16. The molecule has 2 rings (SSSR count). The largest absolute Gasteiger partial charge is 0.292 e. The molecule has 0 saturated heterocycles. The Bertz CT molecular complexity index is 281. The molecule has 0 aromatic heterocycles. The van der Waals surface area contributed by atoms with Crippen molar-refractivity contribution in [1.82, 2.24) is 0 Å². The molecule has 2 heteroatoms. The first-order valence-corrected chi connectivity index (χ1v) is 4.67. The van der Waals surface area contributed by atoms with Crippen molar-refractivity contribution in [1.29, 1.82) is 0 Å². The van der Waals surface area contributed by atoms with Crippen LogP contribution in [0, 0.1) is 0 Å². The van der Waals surface area contributed by atoms with Crippen molar-refractivity contribution in [3.05, 3.63) is 29.8 Å². The molecule has 0 bridgehead atoms. The van der Waals surface area contributed by atoms with Gasteiger partial charge in [-0.15, -0.1) is 11.8 Å². The van der Waals surface area contributed by atoms with Crippen LogP contribution in [0.3, 0.4) is 0 Å². The molecule has 0 aliphatic carbocycles. The first-order chi connectivity index (χ1) is 5.47. The lowest BCUT2D eigenvalue weighted by Crippen LogP contribution is -1.81. The highest BCUT2D eigenvalue weighted by atomic mass is 32.2. The van der Waals surface area contributed by atoms with Gasteiger partial charge in [0.05, 0.1) is 0 Å². The molecule has 0 saturated carbocycles. The van der Waals surface area contributed by atoms with Gasteiger partial charge < -0.3 is 0 Å². The molecule has 11 heavy (non-hydrogen) atoms. The summed E-state index contributed by atoms with van der Waals surface area (Å²) in [5.74, 6) is 1.10. The van der Waals surface area contributed by atoms with Gasteiger partial charge in [-0.25, -0.2) is 0 Å². The standard InChI is InChI=1S/C9H9NS/c1-2-4-9-8(3-1)7-10-5-6-11-9/h1-4,7H,5-6H2. The Morgan fingerprint density at radius 3 is 3.18 bits per heavy atom. The van der Waals surface area contributed by atoms with Crippen LogP contribution in [0.25, 0.3) is 0 Å². The van der Waals surface area contributed by atoms with Crippen molar-refractivity contribution in [3.8, 4) is 0 Å². The van der Waals surface area contributed by atoms with E-state index in [4.69, 9.17) is 0 Å². The molecule has 0 unspecified atom stereocenters. The summed E-state index contributed by atoms with van der Waals surface area (Å²) in [5, 5.41) is 0. The van der Waals surface area contributed by atoms with Crippen LogP contribution in [-0.4, -0.2) is 18.5 Å². The number of aliphatic imine (C=N–C) groups is 1. The SMILES string of the molecule is C1=NCCSc2ccccc21. The zero-order chi connectivity index (χ0) is 7.52. The van der Waals surface area contributed by atoms with Crippen LogP contribution in [0.5, 0.6) is 0 Å². The number of benzene rings is 1. The van der Waals surface area contributed by atoms with Crippen LogP contribution in [0.15, 0.2) is 34.2 Å². The van der Waals surface area contributed by atoms with Crippen LogP contribution in [-0.2, 0) is 0 Å². The molecule has 1 heterocycles. The quantitative estimate of drug-likeness (QED) is 0.571. The summed E-state index contributed by atoms with van der Waals surface area (Å²) in [6, 6.07) is 8.39. The topological polar surface area (TPSA) is 12.4 Å². The first-order valence-electron chi connectivity index (χ1n) is 3.68. The van der Waals surface area contributed by atoms with Gasteiger partial charge >= 0.3 is 0 Å². The molecule has 1 aliphatic rings. The third-order valence-electron chi connectivity index (χ3n) is 1.63. The van der Waals surface area contributed by atoms with E-state index < -0.39 is 0 Å². The summed E-state index contributed by atoms with van der Waals surface area (Å²) in [6.45, 7) is 0.944.